The molecule has 0 radical (unpaired) electrons. The lowest BCUT2D eigenvalue weighted by Crippen LogP contribution is -1.89. The normalized spacial score (nSPS) is 13.2. The molecule has 0 spiro atoms. The van der Waals surface area contributed by atoms with E-state index in [1.807, 2.05) is 6.07 Å². The average molecular weight is 256 g/mol. The van der Waals surface area contributed by atoms with Crippen LogP contribution in [0.25, 0.3) is 0 Å². The van der Waals surface area contributed by atoms with Crippen molar-refractivity contribution < 1.29 is 0 Å². The fraction of sp³-hybridized carbons (Fsp3) is 0.200. The summed E-state index contributed by atoms with van der Waals surface area (Å²) in [5, 5.41) is 0. The van der Waals surface area contributed by atoms with E-state index in [1.54, 1.807) is 0 Å². The first kappa shape index (κ1) is 12.6. The fourth-order valence-electron chi connectivity index (χ4n) is 2.27. The smallest absolute Gasteiger partial charge is 0.0284 e. The molecule has 0 atom stereocenters. The van der Waals surface area contributed by atoms with E-state index >= 15 is 0 Å². The predicted octanol–water partition coefficient (Wildman–Crippen LogP) is 4.25. The van der Waals surface area contributed by atoms with Gasteiger partial charge in [-0.15, -0.1) is 6.42 Å². The molecule has 3 rings (SSSR count). The van der Waals surface area contributed by atoms with E-state index in [2.05, 4.69) is 61.1 Å². The molecule has 2 aromatic rings. The van der Waals surface area contributed by atoms with Crippen molar-refractivity contribution in [2.45, 2.75) is 25.7 Å². The number of aryl methyl sites for hydroxylation is 1. The molecule has 0 heteroatoms. The van der Waals surface area contributed by atoms with Crippen LogP contribution in [0.5, 0.6) is 0 Å². The highest BCUT2D eigenvalue weighted by Gasteiger charge is 2.25. The summed E-state index contributed by atoms with van der Waals surface area (Å²) >= 11 is 0. The van der Waals surface area contributed by atoms with Crippen LogP contribution in [0.1, 0.15) is 46.6 Å². The maximum atomic E-state index is 5.48. The van der Waals surface area contributed by atoms with E-state index in [1.165, 1.54) is 24.0 Å². The van der Waals surface area contributed by atoms with Crippen molar-refractivity contribution >= 4 is 0 Å². The summed E-state index contributed by atoms with van der Waals surface area (Å²) in [6.07, 6.45) is 8.00. The van der Waals surface area contributed by atoms with Gasteiger partial charge in [-0.1, -0.05) is 35.5 Å². The van der Waals surface area contributed by atoms with Gasteiger partial charge in [0.25, 0.3) is 0 Å². The average Bonchev–Trinajstić information content (AvgIpc) is 3.31. The van der Waals surface area contributed by atoms with Gasteiger partial charge >= 0.3 is 0 Å². The molecule has 1 fully saturated rings. The van der Waals surface area contributed by atoms with Crippen LogP contribution in [-0.2, 0) is 0 Å². The first-order chi connectivity index (χ1) is 9.76. The molecule has 20 heavy (non-hydrogen) atoms. The van der Waals surface area contributed by atoms with Gasteiger partial charge in [-0.3, -0.25) is 0 Å². The largest absolute Gasteiger partial charge is 0.115 e. The van der Waals surface area contributed by atoms with Crippen LogP contribution in [0.2, 0.25) is 0 Å². The van der Waals surface area contributed by atoms with Crippen LogP contribution in [0, 0.1) is 31.1 Å². The van der Waals surface area contributed by atoms with Crippen LogP contribution in [0.15, 0.2) is 42.5 Å². The molecule has 2 aromatic carbocycles. The molecule has 0 saturated heterocycles. The van der Waals surface area contributed by atoms with Crippen LogP contribution in [-0.4, -0.2) is 0 Å². The molecule has 0 aliphatic heterocycles. The zero-order valence-corrected chi connectivity index (χ0v) is 11.6. The van der Waals surface area contributed by atoms with Crippen molar-refractivity contribution in [3.63, 3.8) is 0 Å². The van der Waals surface area contributed by atoms with E-state index in [9.17, 15) is 0 Å². The van der Waals surface area contributed by atoms with E-state index in [-0.39, 0.29) is 0 Å². The van der Waals surface area contributed by atoms with Gasteiger partial charge in [-0.05, 0) is 61.6 Å². The summed E-state index contributed by atoms with van der Waals surface area (Å²) in [6, 6.07) is 14.5. The Morgan fingerprint density at radius 1 is 0.950 bits per heavy atom. The lowest BCUT2D eigenvalue weighted by molar-refractivity contribution is 1.12. The zero-order chi connectivity index (χ0) is 13.9. The molecule has 0 bridgehead atoms. The Hall–Kier alpha value is -2.44. The maximum absolute atomic E-state index is 5.48. The fourth-order valence-corrected chi connectivity index (χ4v) is 2.27. The summed E-state index contributed by atoms with van der Waals surface area (Å²) < 4.78 is 0. The van der Waals surface area contributed by atoms with Crippen molar-refractivity contribution in [1.82, 2.24) is 0 Å². The minimum absolute atomic E-state index is 0.658. The zero-order valence-electron chi connectivity index (χ0n) is 11.6. The quantitative estimate of drug-likeness (QED) is 0.669. The molecule has 1 aliphatic carbocycles. The molecule has 0 heterocycles. The van der Waals surface area contributed by atoms with Gasteiger partial charge < -0.3 is 0 Å². The lowest BCUT2D eigenvalue weighted by atomic mass is 10.00. The van der Waals surface area contributed by atoms with E-state index in [4.69, 9.17) is 6.42 Å². The van der Waals surface area contributed by atoms with Crippen LogP contribution >= 0.6 is 0 Å². The van der Waals surface area contributed by atoms with Crippen molar-refractivity contribution in [2.75, 3.05) is 0 Å². The Morgan fingerprint density at radius 3 is 2.30 bits per heavy atom. The second-order valence-corrected chi connectivity index (χ2v) is 5.34. The Bertz CT molecular complexity index is 726. The summed E-state index contributed by atoms with van der Waals surface area (Å²) in [6.45, 7) is 2.08. The summed E-state index contributed by atoms with van der Waals surface area (Å²) in [5.41, 5.74) is 5.70. The predicted molar refractivity (Wildman–Crippen MR) is 83.5 cm³/mol. The Kier molecular flexibility index (Phi) is 3.32. The van der Waals surface area contributed by atoms with Crippen molar-refractivity contribution in [2.24, 2.45) is 0 Å². The topological polar surface area (TPSA) is 0 Å². The summed E-state index contributed by atoms with van der Waals surface area (Å²) in [4.78, 5) is 0. The molecule has 0 unspecified atom stereocenters. The van der Waals surface area contributed by atoms with Crippen molar-refractivity contribution in [3.05, 3.63) is 70.3 Å². The molecule has 0 aromatic heterocycles. The first-order valence-corrected chi connectivity index (χ1v) is 6.95. The van der Waals surface area contributed by atoms with Crippen LogP contribution in [0.4, 0.5) is 0 Å². The third-order valence-electron chi connectivity index (χ3n) is 3.63. The molecule has 0 amide bonds. The number of benzene rings is 2. The second kappa shape index (κ2) is 5.28. The monoisotopic (exact) mass is 256 g/mol. The highest BCUT2D eigenvalue weighted by Crippen LogP contribution is 2.41. The molecule has 96 valence electrons. The van der Waals surface area contributed by atoms with Gasteiger partial charge in [0.15, 0.2) is 0 Å². The molecular formula is C20H16. The van der Waals surface area contributed by atoms with Gasteiger partial charge in [-0.2, -0.15) is 0 Å². The maximum Gasteiger partial charge on any atom is 0.0284 e. The first-order valence-electron chi connectivity index (χ1n) is 6.95. The molecule has 1 aliphatic rings. The number of terminal acetylenes is 1. The SMILES string of the molecule is C#Cc1ccc(C#Cc2ccc(C)cc2)c(C2CC2)c1. The van der Waals surface area contributed by atoms with E-state index in [0.29, 0.717) is 5.92 Å². The molecule has 0 N–H and O–H groups in total. The summed E-state index contributed by atoms with van der Waals surface area (Å²) in [5.74, 6) is 9.92. The highest BCUT2D eigenvalue weighted by molar-refractivity contribution is 5.52. The minimum Gasteiger partial charge on any atom is -0.115 e. The van der Waals surface area contributed by atoms with Gasteiger partial charge in [0.1, 0.15) is 0 Å². The van der Waals surface area contributed by atoms with E-state index in [0.717, 1.165) is 16.7 Å². The Labute approximate surface area is 120 Å². The molecule has 0 nitrogen and oxygen atoms in total. The highest BCUT2D eigenvalue weighted by atomic mass is 14.3. The summed E-state index contributed by atoms with van der Waals surface area (Å²) in [7, 11) is 0. The Morgan fingerprint density at radius 2 is 1.65 bits per heavy atom. The minimum atomic E-state index is 0.658. The molecule has 1 saturated carbocycles. The number of hydrogen-bond acceptors (Lipinski definition) is 0. The van der Waals surface area contributed by atoms with Crippen LogP contribution < -0.4 is 0 Å². The van der Waals surface area contributed by atoms with Gasteiger partial charge in [-0.25, -0.2) is 0 Å². The van der Waals surface area contributed by atoms with Crippen molar-refractivity contribution in [3.8, 4) is 24.2 Å². The number of hydrogen-bond donors (Lipinski definition) is 0. The van der Waals surface area contributed by atoms with E-state index < -0.39 is 0 Å². The number of rotatable bonds is 1. The third-order valence-corrected chi connectivity index (χ3v) is 3.63. The standard InChI is InChI=1S/C20H16/c1-3-16-8-10-18(20(14-16)19-12-13-19)11-9-17-6-4-15(2)5-7-17/h1,4-8,10,14,19H,12-13H2,2H3. The van der Waals surface area contributed by atoms with Gasteiger partial charge in [0.05, 0.1) is 0 Å². The Balaban J connectivity index is 1.95. The second-order valence-electron chi connectivity index (χ2n) is 5.34. The lowest BCUT2D eigenvalue weighted by Gasteiger charge is -2.03. The van der Waals surface area contributed by atoms with Gasteiger partial charge in [0.2, 0.25) is 0 Å². The third kappa shape index (κ3) is 2.76. The molecular weight excluding hydrogens is 240 g/mol. The van der Waals surface area contributed by atoms with Crippen molar-refractivity contribution in [1.29, 1.82) is 0 Å². The van der Waals surface area contributed by atoms with Gasteiger partial charge in [0, 0.05) is 16.7 Å². The van der Waals surface area contributed by atoms with Crippen LogP contribution in [0.3, 0.4) is 0 Å².